The lowest BCUT2D eigenvalue weighted by Gasteiger charge is -2.36. The number of ether oxygens (including phenoxy) is 1. The summed E-state index contributed by atoms with van der Waals surface area (Å²) < 4.78 is 5.32. The molecule has 0 spiro atoms. The Labute approximate surface area is 85.2 Å². The summed E-state index contributed by atoms with van der Waals surface area (Å²) in [6, 6.07) is 0.342. The van der Waals surface area contributed by atoms with Crippen molar-refractivity contribution in [2.75, 3.05) is 39.4 Å². The molecule has 2 atom stereocenters. The van der Waals surface area contributed by atoms with Crippen molar-refractivity contribution in [3.8, 4) is 0 Å². The van der Waals surface area contributed by atoms with Crippen LogP contribution in [0, 0.1) is 0 Å². The first-order valence-corrected chi connectivity index (χ1v) is 5.58. The van der Waals surface area contributed by atoms with E-state index in [0.29, 0.717) is 6.04 Å². The van der Waals surface area contributed by atoms with E-state index in [9.17, 15) is 5.11 Å². The fraction of sp³-hybridized carbons (Fsp3) is 1.00. The summed E-state index contributed by atoms with van der Waals surface area (Å²) in [6.07, 6.45) is 1.77. The van der Waals surface area contributed by atoms with Crippen molar-refractivity contribution in [1.29, 1.82) is 0 Å². The molecule has 0 aliphatic carbocycles. The number of morpholine rings is 1. The molecule has 4 nitrogen and oxygen atoms in total. The second-order valence-corrected chi connectivity index (χ2v) is 4.11. The number of hydrogen-bond acceptors (Lipinski definition) is 4. The van der Waals surface area contributed by atoms with Gasteiger partial charge in [-0.05, 0) is 25.9 Å². The number of rotatable bonds is 1. The van der Waals surface area contributed by atoms with Gasteiger partial charge in [0.15, 0.2) is 0 Å². The second-order valence-electron chi connectivity index (χ2n) is 4.11. The molecule has 2 fully saturated rings. The first-order chi connectivity index (χ1) is 6.88. The van der Waals surface area contributed by atoms with E-state index in [2.05, 4.69) is 10.2 Å². The summed E-state index contributed by atoms with van der Waals surface area (Å²) in [5, 5.41) is 13.3. The Kier molecular flexibility index (Phi) is 3.75. The number of nitrogens with zero attached hydrogens (tertiary/aromatic N) is 1. The normalized spacial score (nSPS) is 36.6. The Balaban J connectivity index is 1.91. The largest absolute Gasteiger partial charge is 0.391 e. The van der Waals surface area contributed by atoms with Crippen LogP contribution in [0.15, 0.2) is 0 Å². The van der Waals surface area contributed by atoms with Gasteiger partial charge in [0.2, 0.25) is 0 Å². The standard InChI is InChI=1S/C10H20N2O2/c13-10-2-4-11-3-1-9(10)12-5-7-14-8-6-12/h9-11,13H,1-8H2/t9-,10-/m0/s1. The third-order valence-electron chi connectivity index (χ3n) is 3.19. The lowest BCUT2D eigenvalue weighted by molar-refractivity contribution is -0.0222. The van der Waals surface area contributed by atoms with Crippen molar-refractivity contribution >= 4 is 0 Å². The van der Waals surface area contributed by atoms with E-state index in [1.807, 2.05) is 0 Å². The molecule has 0 bridgehead atoms. The van der Waals surface area contributed by atoms with Crippen LogP contribution in [-0.2, 0) is 4.74 Å². The summed E-state index contributed by atoms with van der Waals surface area (Å²) in [5.74, 6) is 0. The van der Waals surface area contributed by atoms with Gasteiger partial charge in [-0.1, -0.05) is 0 Å². The molecule has 2 N–H and O–H groups in total. The van der Waals surface area contributed by atoms with Crippen LogP contribution in [0.2, 0.25) is 0 Å². The van der Waals surface area contributed by atoms with Crippen LogP contribution in [0.4, 0.5) is 0 Å². The van der Waals surface area contributed by atoms with Gasteiger partial charge in [-0.25, -0.2) is 0 Å². The first kappa shape index (κ1) is 10.4. The van der Waals surface area contributed by atoms with Crippen LogP contribution in [0.1, 0.15) is 12.8 Å². The van der Waals surface area contributed by atoms with Crippen LogP contribution in [0.25, 0.3) is 0 Å². The molecule has 4 heteroatoms. The molecule has 2 rings (SSSR count). The van der Waals surface area contributed by atoms with Gasteiger partial charge in [-0.2, -0.15) is 0 Å². The molecule has 0 aromatic heterocycles. The van der Waals surface area contributed by atoms with Crippen LogP contribution in [0.3, 0.4) is 0 Å². The quantitative estimate of drug-likeness (QED) is 0.595. The van der Waals surface area contributed by atoms with Gasteiger partial charge in [0.1, 0.15) is 0 Å². The lowest BCUT2D eigenvalue weighted by atomic mass is 10.0. The van der Waals surface area contributed by atoms with Gasteiger partial charge in [0.25, 0.3) is 0 Å². The molecule has 2 aliphatic rings. The number of hydrogen-bond donors (Lipinski definition) is 2. The molecule has 2 heterocycles. The Bertz CT molecular complexity index is 172. The predicted octanol–water partition coefficient (Wildman–Crippen LogP) is -0.568. The maximum absolute atomic E-state index is 9.98. The molecule has 0 amide bonds. The van der Waals surface area contributed by atoms with Crippen molar-refractivity contribution in [2.24, 2.45) is 0 Å². The minimum absolute atomic E-state index is 0.164. The van der Waals surface area contributed by atoms with Crippen molar-refractivity contribution < 1.29 is 9.84 Å². The summed E-state index contributed by atoms with van der Waals surface area (Å²) in [6.45, 7) is 5.55. The van der Waals surface area contributed by atoms with Gasteiger partial charge in [0.05, 0.1) is 19.3 Å². The highest BCUT2D eigenvalue weighted by molar-refractivity contribution is 4.84. The van der Waals surface area contributed by atoms with E-state index < -0.39 is 0 Å². The Morgan fingerprint density at radius 3 is 2.64 bits per heavy atom. The Hall–Kier alpha value is -0.160. The van der Waals surface area contributed by atoms with Gasteiger partial charge < -0.3 is 15.2 Å². The maximum atomic E-state index is 9.98. The average Bonchev–Trinajstić information content (AvgIpc) is 2.44. The van der Waals surface area contributed by atoms with Gasteiger partial charge in [-0.15, -0.1) is 0 Å². The summed E-state index contributed by atoms with van der Waals surface area (Å²) in [5.41, 5.74) is 0. The SMILES string of the molecule is O[C@H]1CCNCC[C@@H]1N1CCOCC1. The molecule has 82 valence electrons. The summed E-state index contributed by atoms with van der Waals surface area (Å²) in [4.78, 5) is 2.38. The fourth-order valence-corrected chi connectivity index (χ4v) is 2.34. The van der Waals surface area contributed by atoms with Gasteiger partial charge in [0, 0.05) is 19.1 Å². The first-order valence-electron chi connectivity index (χ1n) is 5.58. The van der Waals surface area contributed by atoms with Crippen LogP contribution < -0.4 is 5.32 Å². The topological polar surface area (TPSA) is 44.7 Å². The van der Waals surface area contributed by atoms with Crippen molar-refractivity contribution in [3.05, 3.63) is 0 Å². The average molecular weight is 200 g/mol. The lowest BCUT2D eigenvalue weighted by Crippen LogP contribution is -2.49. The van der Waals surface area contributed by atoms with E-state index in [1.165, 1.54) is 0 Å². The van der Waals surface area contributed by atoms with Crippen LogP contribution in [0.5, 0.6) is 0 Å². The molecule has 0 aromatic rings. The molecule has 0 unspecified atom stereocenters. The minimum Gasteiger partial charge on any atom is -0.391 e. The number of aliphatic hydroxyl groups excluding tert-OH is 1. The van der Waals surface area contributed by atoms with E-state index in [0.717, 1.165) is 52.2 Å². The predicted molar refractivity (Wildman–Crippen MR) is 54.3 cm³/mol. The molecular weight excluding hydrogens is 180 g/mol. The second kappa shape index (κ2) is 5.07. The highest BCUT2D eigenvalue weighted by Crippen LogP contribution is 2.15. The zero-order chi connectivity index (χ0) is 9.80. The molecule has 14 heavy (non-hydrogen) atoms. The van der Waals surface area contributed by atoms with Crippen molar-refractivity contribution in [1.82, 2.24) is 10.2 Å². The smallest absolute Gasteiger partial charge is 0.0708 e. The summed E-state index contributed by atoms with van der Waals surface area (Å²) in [7, 11) is 0. The van der Waals surface area contributed by atoms with E-state index in [4.69, 9.17) is 4.74 Å². The number of aliphatic hydroxyl groups is 1. The van der Waals surface area contributed by atoms with Crippen LogP contribution in [-0.4, -0.2) is 61.5 Å². The minimum atomic E-state index is -0.164. The number of nitrogens with one attached hydrogen (secondary N) is 1. The molecular formula is C10H20N2O2. The summed E-state index contributed by atoms with van der Waals surface area (Å²) >= 11 is 0. The van der Waals surface area contributed by atoms with Crippen molar-refractivity contribution in [2.45, 2.75) is 25.0 Å². The zero-order valence-corrected chi connectivity index (χ0v) is 8.61. The molecule has 0 aromatic carbocycles. The molecule has 2 aliphatic heterocycles. The highest BCUT2D eigenvalue weighted by atomic mass is 16.5. The fourth-order valence-electron chi connectivity index (χ4n) is 2.34. The molecule has 2 saturated heterocycles. The van der Waals surface area contributed by atoms with Gasteiger partial charge in [-0.3, -0.25) is 4.90 Å². The van der Waals surface area contributed by atoms with Crippen LogP contribution >= 0.6 is 0 Å². The zero-order valence-electron chi connectivity index (χ0n) is 8.61. The van der Waals surface area contributed by atoms with Crippen molar-refractivity contribution in [3.63, 3.8) is 0 Å². The van der Waals surface area contributed by atoms with E-state index >= 15 is 0 Å². The van der Waals surface area contributed by atoms with E-state index in [1.54, 1.807) is 0 Å². The highest BCUT2D eigenvalue weighted by Gasteiger charge is 2.28. The Morgan fingerprint density at radius 1 is 1.14 bits per heavy atom. The van der Waals surface area contributed by atoms with E-state index in [-0.39, 0.29) is 6.10 Å². The Morgan fingerprint density at radius 2 is 1.86 bits per heavy atom. The molecule has 0 radical (unpaired) electrons. The molecule has 0 saturated carbocycles. The third kappa shape index (κ3) is 2.45. The monoisotopic (exact) mass is 200 g/mol. The maximum Gasteiger partial charge on any atom is 0.0708 e. The van der Waals surface area contributed by atoms with Gasteiger partial charge >= 0.3 is 0 Å². The third-order valence-corrected chi connectivity index (χ3v) is 3.19.